The van der Waals surface area contributed by atoms with Crippen LogP contribution in [0.25, 0.3) is 0 Å². The Morgan fingerprint density at radius 3 is 2.41 bits per heavy atom. The van der Waals surface area contributed by atoms with E-state index in [2.05, 4.69) is 24.3 Å². The molecule has 0 spiro atoms. The lowest BCUT2D eigenvalue weighted by atomic mass is 10.1. The third-order valence-electron chi connectivity index (χ3n) is 4.63. The smallest absolute Gasteiger partial charge is 0.300 e. The average Bonchev–Trinajstić information content (AvgIpc) is 2.91. The second kappa shape index (κ2) is 7.25. The van der Waals surface area contributed by atoms with Crippen molar-refractivity contribution in [1.82, 2.24) is 4.90 Å². The first-order chi connectivity index (χ1) is 13.1. The molecule has 140 valence electrons. The van der Waals surface area contributed by atoms with Crippen molar-refractivity contribution >= 4 is 29.1 Å². The summed E-state index contributed by atoms with van der Waals surface area (Å²) in [6.07, 6.45) is 2.04. The zero-order chi connectivity index (χ0) is 19.0. The molecule has 2 aromatic carbocycles. The maximum absolute atomic E-state index is 12.5. The van der Waals surface area contributed by atoms with E-state index in [-0.39, 0.29) is 0 Å². The van der Waals surface area contributed by atoms with Gasteiger partial charge in [-0.15, -0.1) is 11.8 Å². The summed E-state index contributed by atoms with van der Waals surface area (Å²) in [5, 5.41) is 0. The van der Waals surface area contributed by atoms with Crippen molar-refractivity contribution in [3.63, 3.8) is 0 Å². The van der Waals surface area contributed by atoms with E-state index in [1.807, 2.05) is 18.2 Å². The second-order valence-electron chi connectivity index (χ2n) is 6.58. The quantitative estimate of drug-likeness (QED) is 0.584. The van der Waals surface area contributed by atoms with Crippen LogP contribution in [-0.2, 0) is 11.3 Å². The van der Waals surface area contributed by atoms with E-state index in [9.17, 15) is 9.59 Å². The van der Waals surface area contributed by atoms with Gasteiger partial charge in [-0.3, -0.25) is 19.4 Å². The number of rotatable bonds is 5. The molecule has 0 bridgehead atoms. The summed E-state index contributed by atoms with van der Waals surface area (Å²) >= 11 is 1.70. The van der Waals surface area contributed by atoms with Gasteiger partial charge in [0.05, 0.1) is 17.9 Å². The van der Waals surface area contributed by atoms with Gasteiger partial charge in [0, 0.05) is 17.5 Å². The van der Waals surface area contributed by atoms with Gasteiger partial charge in [0.2, 0.25) is 0 Å². The monoisotopic (exact) mass is 384 g/mol. The molecule has 0 saturated carbocycles. The molecule has 0 unspecified atom stereocenters. The van der Waals surface area contributed by atoms with E-state index >= 15 is 0 Å². The molecule has 1 amide bonds. The molecule has 4 rings (SSSR count). The Morgan fingerprint density at radius 1 is 1.07 bits per heavy atom. The number of hydrogen-bond donors (Lipinski definition) is 0. The normalized spacial score (nSPS) is 15.4. The first-order valence-electron chi connectivity index (χ1n) is 8.68. The highest BCUT2D eigenvalue weighted by molar-refractivity contribution is 7.98. The molecule has 0 radical (unpaired) electrons. The minimum atomic E-state index is -0.517. The van der Waals surface area contributed by atoms with Gasteiger partial charge in [0.25, 0.3) is 5.78 Å². The molecule has 0 atom stereocenters. The molecule has 0 N–H and O–H groups in total. The minimum absolute atomic E-state index is 0.321. The first-order valence-corrected chi connectivity index (χ1v) is 9.90. The molecule has 6 nitrogen and oxygen atoms in total. The maximum Gasteiger partial charge on any atom is 0.300 e. The molecule has 0 aromatic heterocycles. The number of anilines is 1. The Kier molecular flexibility index (Phi) is 4.80. The van der Waals surface area contributed by atoms with Crippen LogP contribution in [-0.4, -0.2) is 49.8 Å². The van der Waals surface area contributed by atoms with Crippen molar-refractivity contribution in [3.05, 3.63) is 47.5 Å². The Hall–Kier alpha value is -2.51. The molecule has 0 aliphatic carbocycles. The predicted octanol–water partition coefficient (Wildman–Crippen LogP) is 2.80. The van der Waals surface area contributed by atoms with Crippen molar-refractivity contribution < 1.29 is 19.1 Å². The van der Waals surface area contributed by atoms with Crippen LogP contribution in [0.1, 0.15) is 15.9 Å². The fourth-order valence-corrected chi connectivity index (χ4v) is 3.71. The van der Waals surface area contributed by atoms with Crippen LogP contribution in [0, 0.1) is 0 Å². The fourth-order valence-electron chi connectivity index (χ4n) is 3.30. The molecular formula is C20H20N2O4S. The lowest BCUT2D eigenvalue weighted by Gasteiger charge is -2.25. The third kappa shape index (κ3) is 3.40. The average molecular weight is 384 g/mol. The summed E-state index contributed by atoms with van der Waals surface area (Å²) in [4.78, 5) is 29.6. The number of benzene rings is 2. The highest BCUT2D eigenvalue weighted by Gasteiger charge is 2.38. The van der Waals surface area contributed by atoms with Gasteiger partial charge in [-0.25, -0.2) is 0 Å². The van der Waals surface area contributed by atoms with E-state index in [4.69, 9.17) is 9.47 Å². The van der Waals surface area contributed by atoms with Gasteiger partial charge in [-0.1, -0.05) is 12.1 Å². The van der Waals surface area contributed by atoms with Crippen LogP contribution in [0.2, 0.25) is 0 Å². The number of fused-ring (bicyclic) bond motifs is 2. The van der Waals surface area contributed by atoms with E-state index in [1.54, 1.807) is 23.9 Å². The van der Waals surface area contributed by atoms with Crippen LogP contribution in [0.15, 0.2) is 41.3 Å². The van der Waals surface area contributed by atoms with Crippen LogP contribution in [0.3, 0.4) is 0 Å². The van der Waals surface area contributed by atoms with E-state index in [0.29, 0.717) is 49.2 Å². The van der Waals surface area contributed by atoms with Crippen molar-refractivity contribution in [2.45, 2.75) is 11.4 Å². The molecule has 7 heteroatoms. The number of amides is 1. The summed E-state index contributed by atoms with van der Waals surface area (Å²) < 4.78 is 11.1. The van der Waals surface area contributed by atoms with Crippen LogP contribution in [0.4, 0.5) is 5.69 Å². The van der Waals surface area contributed by atoms with Gasteiger partial charge < -0.3 is 9.47 Å². The first kappa shape index (κ1) is 17.9. The lowest BCUT2D eigenvalue weighted by Crippen LogP contribution is -2.38. The molecule has 2 heterocycles. The van der Waals surface area contributed by atoms with Crippen LogP contribution >= 0.6 is 11.8 Å². The summed E-state index contributed by atoms with van der Waals surface area (Å²) in [5.74, 6) is 0.0738. The second-order valence-corrected chi connectivity index (χ2v) is 7.46. The maximum atomic E-state index is 12.5. The summed E-state index contributed by atoms with van der Waals surface area (Å²) in [6.45, 7) is 1.89. The van der Waals surface area contributed by atoms with Gasteiger partial charge in [-0.05, 0) is 37.1 Å². The molecule has 2 aromatic rings. The molecular weight excluding hydrogens is 364 g/mol. The standard InChI is InChI=1S/C20H20N2O4S/c1-21(11-13-3-5-14(27-2)6-4-13)12-22-16-10-18-17(25-7-8-26-18)9-15(16)19(23)20(22)24/h3-6,9-10H,7-8,11-12H2,1-2H3. The number of ketones is 1. The highest BCUT2D eigenvalue weighted by atomic mass is 32.2. The Labute approximate surface area is 162 Å². The van der Waals surface area contributed by atoms with Crippen LogP contribution < -0.4 is 14.4 Å². The number of thioether (sulfide) groups is 1. The molecule has 2 aliphatic heterocycles. The van der Waals surface area contributed by atoms with E-state index in [1.165, 1.54) is 9.80 Å². The fraction of sp³-hybridized carbons (Fsp3) is 0.300. The highest BCUT2D eigenvalue weighted by Crippen LogP contribution is 2.40. The minimum Gasteiger partial charge on any atom is -0.486 e. The summed E-state index contributed by atoms with van der Waals surface area (Å²) in [6, 6.07) is 11.7. The van der Waals surface area contributed by atoms with E-state index < -0.39 is 11.7 Å². The summed E-state index contributed by atoms with van der Waals surface area (Å²) in [7, 11) is 1.93. The largest absolute Gasteiger partial charge is 0.486 e. The van der Waals surface area contributed by atoms with Crippen molar-refractivity contribution in [2.75, 3.05) is 38.1 Å². The number of nitrogens with zero attached hydrogens (tertiary/aromatic N) is 2. The van der Waals surface area contributed by atoms with Crippen molar-refractivity contribution in [1.29, 1.82) is 0 Å². The number of hydrogen-bond acceptors (Lipinski definition) is 6. The molecule has 0 saturated heterocycles. The molecule has 0 fully saturated rings. The lowest BCUT2D eigenvalue weighted by molar-refractivity contribution is -0.114. The Balaban J connectivity index is 1.53. The van der Waals surface area contributed by atoms with Crippen LogP contribution in [0.5, 0.6) is 11.5 Å². The zero-order valence-electron chi connectivity index (χ0n) is 15.2. The third-order valence-corrected chi connectivity index (χ3v) is 5.37. The number of ether oxygens (including phenoxy) is 2. The molecule has 2 aliphatic rings. The van der Waals surface area contributed by atoms with Gasteiger partial charge in [0.15, 0.2) is 11.5 Å². The van der Waals surface area contributed by atoms with Gasteiger partial charge in [-0.2, -0.15) is 0 Å². The van der Waals surface area contributed by atoms with Crippen molar-refractivity contribution in [2.24, 2.45) is 0 Å². The van der Waals surface area contributed by atoms with Gasteiger partial charge in [0.1, 0.15) is 13.2 Å². The summed E-state index contributed by atoms with van der Waals surface area (Å²) in [5.41, 5.74) is 2.11. The SMILES string of the molecule is CSc1ccc(CN(C)CN2C(=O)C(=O)c3cc4c(cc32)OCCO4)cc1. The van der Waals surface area contributed by atoms with Crippen molar-refractivity contribution in [3.8, 4) is 11.5 Å². The van der Waals surface area contributed by atoms with E-state index in [0.717, 1.165) is 5.56 Å². The zero-order valence-corrected chi connectivity index (χ0v) is 16.0. The number of carbonyl (C=O) groups is 2. The number of carbonyl (C=O) groups excluding carboxylic acids is 2. The topological polar surface area (TPSA) is 59.1 Å². The molecule has 27 heavy (non-hydrogen) atoms. The van der Waals surface area contributed by atoms with Gasteiger partial charge >= 0.3 is 5.91 Å². The Bertz CT molecular complexity index is 898. The number of Topliss-reactive ketones (excluding diaryl/α,β-unsaturated/α-hetero) is 1. The Morgan fingerprint density at radius 2 is 1.74 bits per heavy atom. The predicted molar refractivity (Wildman–Crippen MR) is 104 cm³/mol.